The highest BCUT2D eigenvalue weighted by molar-refractivity contribution is 5.36. The number of nitrogens with zero attached hydrogens (tertiary/aromatic N) is 1. The molecule has 3 heteroatoms. The third-order valence-electron chi connectivity index (χ3n) is 3.03. The zero-order chi connectivity index (χ0) is 13.8. The van der Waals surface area contributed by atoms with Crippen molar-refractivity contribution >= 4 is 0 Å². The average Bonchev–Trinajstić information content (AvgIpc) is 2.39. The number of ether oxygens (including phenoxy) is 1. The van der Waals surface area contributed by atoms with Crippen molar-refractivity contribution in [2.75, 3.05) is 0 Å². The van der Waals surface area contributed by atoms with Crippen LogP contribution in [-0.2, 0) is 0 Å². The van der Waals surface area contributed by atoms with Crippen LogP contribution in [0, 0.1) is 0 Å². The maximum atomic E-state index is 5.93. The van der Waals surface area contributed by atoms with Crippen LogP contribution in [-0.4, -0.2) is 4.98 Å². The van der Waals surface area contributed by atoms with Crippen LogP contribution >= 0.6 is 0 Å². The van der Waals surface area contributed by atoms with Crippen molar-refractivity contribution in [1.29, 1.82) is 0 Å². The van der Waals surface area contributed by atoms with Crippen LogP contribution in [0.25, 0.3) is 0 Å². The molecule has 2 aromatic rings. The van der Waals surface area contributed by atoms with E-state index in [4.69, 9.17) is 10.5 Å². The van der Waals surface area contributed by atoms with Crippen molar-refractivity contribution in [2.24, 2.45) is 5.73 Å². The van der Waals surface area contributed by atoms with E-state index in [0.29, 0.717) is 11.8 Å². The Balaban J connectivity index is 2.29. The minimum Gasteiger partial charge on any atom is -0.439 e. The van der Waals surface area contributed by atoms with E-state index in [9.17, 15) is 0 Å². The van der Waals surface area contributed by atoms with Crippen molar-refractivity contribution in [3.8, 4) is 11.6 Å². The first kappa shape index (κ1) is 13.6. The summed E-state index contributed by atoms with van der Waals surface area (Å²) in [6.45, 7) is 6.24. The Labute approximate surface area is 114 Å². The van der Waals surface area contributed by atoms with Gasteiger partial charge in [0.15, 0.2) is 0 Å². The van der Waals surface area contributed by atoms with Gasteiger partial charge in [0.25, 0.3) is 0 Å². The molecule has 1 aromatic carbocycles. The number of hydrogen-bond acceptors (Lipinski definition) is 3. The van der Waals surface area contributed by atoms with Gasteiger partial charge < -0.3 is 10.5 Å². The van der Waals surface area contributed by atoms with Gasteiger partial charge in [0.1, 0.15) is 5.75 Å². The van der Waals surface area contributed by atoms with Gasteiger partial charge in [-0.3, -0.25) is 0 Å². The second kappa shape index (κ2) is 5.85. The van der Waals surface area contributed by atoms with Gasteiger partial charge in [-0.1, -0.05) is 32.0 Å². The van der Waals surface area contributed by atoms with E-state index in [-0.39, 0.29) is 6.04 Å². The van der Waals surface area contributed by atoms with Crippen molar-refractivity contribution < 1.29 is 4.74 Å². The van der Waals surface area contributed by atoms with E-state index in [1.807, 2.05) is 37.3 Å². The van der Waals surface area contributed by atoms with Crippen LogP contribution in [0.15, 0.2) is 42.6 Å². The number of hydrogen-bond donors (Lipinski definition) is 1. The summed E-state index contributed by atoms with van der Waals surface area (Å²) in [4.78, 5) is 4.27. The minimum absolute atomic E-state index is 0.100. The normalized spacial score (nSPS) is 12.5. The highest BCUT2D eigenvalue weighted by atomic mass is 16.5. The molecule has 1 atom stereocenters. The molecule has 0 radical (unpaired) electrons. The summed E-state index contributed by atoms with van der Waals surface area (Å²) in [5.74, 6) is 1.85. The van der Waals surface area contributed by atoms with Gasteiger partial charge in [0.2, 0.25) is 5.88 Å². The molecule has 2 N–H and O–H groups in total. The Hall–Kier alpha value is -1.87. The molecule has 0 aliphatic carbocycles. The standard InChI is InChI=1S/C16H20N2O/c1-11(2)13-6-4-7-14(10-13)19-16-15(12(3)17)8-5-9-18-16/h4-12H,17H2,1-3H3. The van der Waals surface area contributed by atoms with Crippen molar-refractivity contribution in [2.45, 2.75) is 32.7 Å². The van der Waals surface area contributed by atoms with Gasteiger partial charge in [-0.2, -0.15) is 0 Å². The molecule has 0 aliphatic heterocycles. The highest BCUT2D eigenvalue weighted by Crippen LogP contribution is 2.28. The van der Waals surface area contributed by atoms with Crippen molar-refractivity contribution in [3.63, 3.8) is 0 Å². The third-order valence-corrected chi connectivity index (χ3v) is 3.03. The van der Waals surface area contributed by atoms with Gasteiger partial charge in [0, 0.05) is 17.8 Å². The predicted octanol–water partition coefficient (Wildman–Crippen LogP) is 4.02. The first-order valence-corrected chi connectivity index (χ1v) is 6.56. The van der Waals surface area contributed by atoms with Crippen molar-refractivity contribution in [1.82, 2.24) is 4.98 Å². The molecule has 0 spiro atoms. The third kappa shape index (κ3) is 3.32. The Bertz CT molecular complexity index is 550. The Morgan fingerprint density at radius 3 is 2.58 bits per heavy atom. The molecule has 1 unspecified atom stereocenters. The number of rotatable bonds is 4. The summed E-state index contributed by atoms with van der Waals surface area (Å²) in [5.41, 5.74) is 8.09. The Morgan fingerprint density at radius 1 is 1.11 bits per heavy atom. The second-order valence-electron chi connectivity index (χ2n) is 5.02. The number of benzene rings is 1. The smallest absolute Gasteiger partial charge is 0.223 e. The van der Waals surface area contributed by atoms with Crippen LogP contribution in [0.1, 0.15) is 43.9 Å². The van der Waals surface area contributed by atoms with Crippen LogP contribution in [0.5, 0.6) is 11.6 Å². The fourth-order valence-electron chi connectivity index (χ4n) is 1.88. The van der Waals surface area contributed by atoms with Gasteiger partial charge in [0.05, 0.1) is 0 Å². The summed E-state index contributed by atoms with van der Waals surface area (Å²) in [6.07, 6.45) is 1.72. The van der Waals surface area contributed by atoms with E-state index < -0.39 is 0 Å². The van der Waals surface area contributed by atoms with Crippen LogP contribution in [0.3, 0.4) is 0 Å². The summed E-state index contributed by atoms with van der Waals surface area (Å²) in [7, 11) is 0. The van der Waals surface area contributed by atoms with Gasteiger partial charge in [-0.25, -0.2) is 4.98 Å². The minimum atomic E-state index is -0.100. The molecule has 0 saturated carbocycles. The van der Waals surface area contributed by atoms with Crippen LogP contribution in [0.4, 0.5) is 0 Å². The van der Waals surface area contributed by atoms with E-state index >= 15 is 0 Å². The van der Waals surface area contributed by atoms with Gasteiger partial charge in [-0.15, -0.1) is 0 Å². The molecule has 3 nitrogen and oxygen atoms in total. The summed E-state index contributed by atoms with van der Waals surface area (Å²) in [5, 5.41) is 0. The summed E-state index contributed by atoms with van der Waals surface area (Å²) < 4.78 is 5.87. The molecule has 100 valence electrons. The van der Waals surface area contributed by atoms with Crippen LogP contribution < -0.4 is 10.5 Å². The molecule has 0 bridgehead atoms. The number of aromatic nitrogens is 1. The first-order chi connectivity index (χ1) is 9.08. The average molecular weight is 256 g/mol. The predicted molar refractivity (Wildman–Crippen MR) is 77.4 cm³/mol. The lowest BCUT2D eigenvalue weighted by atomic mass is 10.0. The van der Waals surface area contributed by atoms with E-state index in [1.165, 1.54) is 5.56 Å². The molecular formula is C16H20N2O. The maximum absolute atomic E-state index is 5.93. The SMILES string of the molecule is CC(C)c1cccc(Oc2ncccc2C(C)N)c1. The number of pyridine rings is 1. The van der Waals surface area contributed by atoms with Gasteiger partial charge in [-0.05, 0) is 36.6 Å². The Kier molecular flexibility index (Phi) is 4.17. The van der Waals surface area contributed by atoms with E-state index in [0.717, 1.165) is 11.3 Å². The van der Waals surface area contributed by atoms with Crippen LogP contribution in [0.2, 0.25) is 0 Å². The highest BCUT2D eigenvalue weighted by Gasteiger charge is 2.10. The summed E-state index contributed by atoms with van der Waals surface area (Å²) in [6, 6.07) is 11.8. The second-order valence-corrected chi connectivity index (χ2v) is 5.02. The van der Waals surface area contributed by atoms with E-state index in [2.05, 4.69) is 24.9 Å². The zero-order valence-electron chi connectivity index (χ0n) is 11.6. The molecule has 0 amide bonds. The maximum Gasteiger partial charge on any atom is 0.223 e. The topological polar surface area (TPSA) is 48.1 Å². The lowest BCUT2D eigenvalue weighted by Gasteiger charge is -2.13. The fourth-order valence-corrected chi connectivity index (χ4v) is 1.88. The molecular weight excluding hydrogens is 236 g/mol. The molecule has 2 rings (SSSR count). The number of nitrogens with two attached hydrogens (primary N) is 1. The quantitative estimate of drug-likeness (QED) is 0.898. The molecule has 0 aliphatic rings. The fraction of sp³-hybridized carbons (Fsp3) is 0.312. The molecule has 0 fully saturated rings. The lowest BCUT2D eigenvalue weighted by Crippen LogP contribution is -2.07. The molecule has 19 heavy (non-hydrogen) atoms. The monoisotopic (exact) mass is 256 g/mol. The lowest BCUT2D eigenvalue weighted by molar-refractivity contribution is 0.451. The molecule has 1 heterocycles. The summed E-state index contributed by atoms with van der Waals surface area (Å²) >= 11 is 0. The van der Waals surface area contributed by atoms with Gasteiger partial charge >= 0.3 is 0 Å². The zero-order valence-corrected chi connectivity index (χ0v) is 11.6. The molecule has 1 aromatic heterocycles. The Morgan fingerprint density at radius 2 is 1.89 bits per heavy atom. The molecule has 0 saturated heterocycles. The largest absolute Gasteiger partial charge is 0.439 e. The van der Waals surface area contributed by atoms with E-state index in [1.54, 1.807) is 6.20 Å². The first-order valence-electron chi connectivity index (χ1n) is 6.56. The van der Waals surface area contributed by atoms with Crippen molar-refractivity contribution in [3.05, 3.63) is 53.7 Å².